The summed E-state index contributed by atoms with van der Waals surface area (Å²) in [6.07, 6.45) is 2.57. The standard InChI is InChI=1S/C16H15N3O3/c1-19-13-5-4-11(6-10(13)7-15(19)20)17-16(21)12-8-14(22-18-12)9-2-3-9/h4-6,8-9H,2-3,7H2,1H3,(H,17,21). The zero-order valence-corrected chi connectivity index (χ0v) is 12.1. The van der Waals surface area contributed by atoms with Gasteiger partial charge in [0.1, 0.15) is 5.76 Å². The summed E-state index contributed by atoms with van der Waals surface area (Å²) < 4.78 is 5.19. The van der Waals surface area contributed by atoms with Gasteiger partial charge in [-0.05, 0) is 36.6 Å². The van der Waals surface area contributed by atoms with Gasteiger partial charge in [-0.15, -0.1) is 0 Å². The number of anilines is 2. The van der Waals surface area contributed by atoms with Gasteiger partial charge in [0.05, 0.1) is 6.42 Å². The van der Waals surface area contributed by atoms with Crippen LogP contribution in [0.2, 0.25) is 0 Å². The SMILES string of the molecule is CN1C(=O)Cc2cc(NC(=O)c3cc(C4CC4)on3)ccc21. The monoisotopic (exact) mass is 297 g/mol. The maximum atomic E-state index is 12.2. The first-order valence-corrected chi connectivity index (χ1v) is 7.29. The molecule has 0 atom stereocenters. The third-order valence-corrected chi connectivity index (χ3v) is 4.16. The van der Waals surface area contributed by atoms with Crippen molar-refractivity contribution in [1.29, 1.82) is 0 Å². The summed E-state index contributed by atoms with van der Waals surface area (Å²) in [5, 5.41) is 6.62. The number of fused-ring (bicyclic) bond motifs is 1. The molecule has 2 amide bonds. The third-order valence-electron chi connectivity index (χ3n) is 4.16. The molecule has 22 heavy (non-hydrogen) atoms. The molecular weight excluding hydrogens is 282 g/mol. The van der Waals surface area contributed by atoms with E-state index in [1.54, 1.807) is 24.1 Å². The fourth-order valence-electron chi connectivity index (χ4n) is 2.70. The Labute approximate surface area is 127 Å². The number of hydrogen-bond acceptors (Lipinski definition) is 4. The molecule has 1 aliphatic carbocycles. The number of rotatable bonds is 3. The van der Waals surface area contributed by atoms with Gasteiger partial charge in [0.25, 0.3) is 5.91 Å². The molecule has 6 nitrogen and oxygen atoms in total. The minimum Gasteiger partial charge on any atom is -0.360 e. The highest BCUT2D eigenvalue weighted by Gasteiger charge is 2.29. The molecule has 1 aromatic heterocycles. The number of carbonyl (C=O) groups is 2. The summed E-state index contributed by atoms with van der Waals surface area (Å²) >= 11 is 0. The average molecular weight is 297 g/mol. The fourth-order valence-corrected chi connectivity index (χ4v) is 2.70. The summed E-state index contributed by atoms with van der Waals surface area (Å²) in [5.74, 6) is 0.972. The lowest BCUT2D eigenvalue weighted by Gasteiger charge is -2.10. The van der Waals surface area contributed by atoms with Gasteiger partial charge in [-0.2, -0.15) is 0 Å². The Balaban J connectivity index is 1.52. The molecule has 0 spiro atoms. The Kier molecular flexibility index (Phi) is 2.79. The van der Waals surface area contributed by atoms with Crippen molar-refractivity contribution >= 4 is 23.2 Å². The van der Waals surface area contributed by atoms with Gasteiger partial charge >= 0.3 is 0 Å². The molecule has 112 valence electrons. The first-order valence-electron chi connectivity index (χ1n) is 7.29. The lowest BCUT2D eigenvalue weighted by Crippen LogP contribution is -2.20. The Morgan fingerprint density at radius 3 is 2.95 bits per heavy atom. The maximum absolute atomic E-state index is 12.2. The Hall–Kier alpha value is -2.63. The number of benzene rings is 1. The van der Waals surface area contributed by atoms with Crippen LogP contribution in [0.3, 0.4) is 0 Å². The van der Waals surface area contributed by atoms with Crippen LogP contribution in [0.1, 0.15) is 40.6 Å². The van der Waals surface area contributed by atoms with Gasteiger partial charge in [0, 0.05) is 30.4 Å². The van der Waals surface area contributed by atoms with E-state index < -0.39 is 0 Å². The molecule has 1 aromatic carbocycles. The molecule has 2 heterocycles. The minimum atomic E-state index is -0.298. The summed E-state index contributed by atoms with van der Waals surface area (Å²) in [6.45, 7) is 0. The quantitative estimate of drug-likeness (QED) is 0.943. The molecule has 2 aromatic rings. The predicted molar refractivity (Wildman–Crippen MR) is 80.0 cm³/mol. The number of amides is 2. The van der Waals surface area contributed by atoms with Crippen molar-refractivity contribution in [3.05, 3.63) is 41.3 Å². The van der Waals surface area contributed by atoms with Gasteiger partial charge in [0.15, 0.2) is 5.69 Å². The molecule has 4 rings (SSSR count). The van der Waals surface area contributed by atoms with Gasteiger partial charge < -0.3 is 14.7 Å². The molecule has 1 aliphatic heterocycles. The molecule has 1 fully saturated rings. The number of nitrogens with zero attached hydrogens (tertiary/aromatic N) is 2. The van der Waals surface area contributed by atoms with E-state index in [2.05, 4.69) is 10.5 Å². The summed E-state index contributed by atoms with van der Waals surface area (Å²) in [6, 6.07) is 7.16. The molecule has 1 saturated carbocycles. The van der Waals surface area contributed by atoms with E-state index in [4.69, 9.17) is 4.52 Å². The van der Waals surface area contributed by atoms with Crippen LogP contribution in [-0.2, 0) is 11.2 Å². The van der Waals surface area contributed by atoms with Crippen molar-refractivity contribution < 1.29 is 14.1 Å². The van der Waals surface area contributed by atoms with E-state index in [0.717, 1.165) is 29.9 Å². The lowest BCUT2D eigenvalue weighted by atomic mass is 10.1. The molecule has 0 bridgehead atoms. The topological polar surface area (TPSA) is 75.4 Å². The summed E-state index contributed by atoms with van der Waals surface area (Å²) in [4.78, 5) is 25.5. The molecule has 6 heteroatoms. The van der Waals surface area contributed by atoms with Gasteiger partial charge in [0.2, 0.25) is 5.91 Å². The van der Waals surface area contributed by atoms with Crippen LogP contribution in [0.5, 0.6) is 0 Å². The highest BCUT2D eigenvalue weighted by atomic mass is 16.5. The largest absolute Gasteiger partial charge is 0.360 e. The number of nitrogens with one attached hydrogen (secondary N) is 1. The lowest BCUT2D eigenvalue weighted by molar-refractivity contribution is -0.117. The smallest absolute Gasteiger partial charge is 0.277 e. The Morgan fingerprint density at radius 1 is 1.36 bits per heavy atom. The van der Waals surface area contributed by atoms with Crippen LogP contribution in [0.15, 0.2) is 28.8 Å². The molecule has 0 unspecified atom stereocenters. The molecular formula is C16H15N3O3. The Morgan fingerprint density at radius 2 is 2.18 bits per heavy atom. The number of carbonyl (C=O) groups excluding carboxylic acids is 2. The van der Waals surface area contributed by atoms with Crippen LogP contribution in [-0.4, -0.2) is 24.0 Å². The van der Waals surface area contributed by atoms with Crippen LogP contribution >= 0.6 is 0 Å². The highest BCUT2D eigenvalue weighted by molar-refractivity contribution is 6.04. The van der Waals surface area contributed by atoms with E-state index in [-0.39, 0.29) is 17.5 Å². The zero-order valence-electron chi connectivity index (χ0n) is 12.1. The fraction of sp³-hybridized carbons (Fsp3) is 0.312. The van der Waals surface area contributed by atoms with Crippen LogP contribution in [0, 0.1) is 0 Å². The molecule has 2 aliphatic rings. The zero-order chi connectivity index (χ0) is 15.3. The van der Waals surface area contributed by atoms with Gasteiger partial charge in [-0.3, -0.25) is 9.59 Å². The van der Waals surface area contributed by atoms with Crippen molar-refractivity contribution in [3.8, 4) is 0 Å². The number of hydrogen-bond donors (Lipinski definition) is 1. The second-order valence-electron chi connectivity index (χ2n) is 5.82. The number of likely N-dealkylation sites (N-methyl/N-ethyl adjacent to an activating group) is 1. The first kappa shape index (κ1) is 13.1. The Bertz CT molecular complexity index is 777. The summed E-state index contributed by atoms with van der Waals surface area (Å²) in [7, 11) is 1.75. The second kappa shape index (κ2) is 4.69. The molecule has 1 N–H and O–H groups in total. The van der Waals surface area contributed by atoms with E-state index in [9.17, 15) is 9.59 Å². The van der Waals surface area contributed by atoms with Gasteiger partial charge in [-0.1, -0.05) is 5.16 Å². The van der Waals surface area contributed by atoms with E-state index in [1.165, 1.54) is 0 Å². The van der Waals surface area contributed by atoms with E-state index in [1.807, 2.05) is 12.1 Å². The van der Waals surface area contributed by atoms with Crippen LogP contribution < -0.4 is 10.2 Å². The van der Waals surface area contributed by atoms with E-state index >= 15 is 0 Å². The maximum Gasteiger partial charge on any atom is 0.277 e. The average Bonchev–Trinajstić information content (AvgIpc) is 3.16. The predicted octanol–water partition coefficient (Wildman–Crippen LogP) is 2.32. The van der Waals surface area contributed by atoms with Crippen molar-refractivity contribution in [3.63, 3.8) is 0 Å². The number of aromatic nitrogens is 1. The second-order valence-corrected chi connectivity index (χ2v) is 5.82. The third kappa shape index (κ3) is 2.16. The van der Waals surface area contributed by atoms with Crippen molar-refractivity contribution in [1.82, 2.24) is 5.16 Å². The van der Waals surface area contributed by atoms with E-state index in [0.29, 0.717) is 18.0 Å². The van der Waals surface area contributed by atoms with Gasteiger partial charge in [-0.25, -0.2) is 0 Å². The molecule has 0 radical (unpaired) electrons. The van der Waals surface area contributed by atoms with Crippen LogP contribution in [0.4, 0.5) is 11.4 Å². The van der Waals surface area contributed by atoms with Crippen molar-refractivity contribution in [2.24, 2.45) is 0 Å². The van der Waals surface area contributed by atoms with Crippen molar-refractivity contribution in [2.75, 3.05) is 17.3 Å². The highest BCUT2D eigenvalue weighted by Crippen LogP contribution is 2.40. The normalized spacial score (nSPS) is 16.8. The summed E-state index contributed by atoms with van der Waals surface area (Å²) in [5.41, 5.74) is 2.75. The first-order chi connectivity index (χ1) is 10.6. The minimum absolute atomic E-state index is 0.0593. The molecule has 0 saturated heterocycles. The van der Waals surface area contributed by atoms with Crippen LogP contribution in [0.25, 0.3) is 0 Å². The van der Waals surface area contributed by atoms with Crippen molar-refractivity contribution in [2.45, 2.75) is 25.2 Å².